The van der Waals surface area contributed by atoms with Crippen LogP contribution in [0.2, 0.25) is 0 Å². The maximum Gasteiger partial charge on any atom is 0.231 e. The van der Waals surface area contributed by atoms with E-state index in [1.807, 2.05) is 54.6 Å². The molecule has 4 rings (SSSR count). The van der Waals surface area contributed by atoms with Gasteiger partial charge in [0.15, 0.2) is 11.5 Å². The third-order valence-electron chi connectivity index (χ3n) is 4.05. The number of ether oxygens (including phenoxy) is 2. The fourth-order valence-corrected chi connectivity index (χ4v) is 5.52. The predicted molar refractivity (Wildman–Crippen MR) is 110 cm³/mol. The van der Waals surface area contributed by atoms with E-state index in [2.05, 4.69) is 34.6 Å². The SMILES string of the molecule is S=P(NN=Cc1ccc2c(c1)OCO2)(c1ccccc1)c1ccccc1. The number of benzene rings is 3. The summed E-state index contributed by atoms with van der Waals surface area (Å²) in [6.45, 7) is 0.261. The quantitative estimate of drug-likeness (QED) is 0.419. The first-order valence-corrected chi connectivity index (χ1v) is 11.0. The summed E-state index contributed by atoms with van der Waals surface area (Å²) in [7, 11) is 0. The van der Waals surface area contributed by atoms with Crippen LogP contribution in [-0.4, -0.2) is 13.0 Å². The largest absolute Gasteiger partial charge is 0.454 e. The van der Waals surface area contributed by atoms with Crippen molar-refractivity contribution in [3.05, 3.63) is 84.4 Å². The average Bonchev–Trinajstić information content (AvgIpc) is 3.17. The Morgan fingerprint density at radius 1 is 0.846 bits per heavy atom. The summed E-state index contributed by atoms with van der Waals surface area (Å²) in [4.78, 5) is 0. The smallest absolute Gasteiger partial charge is 0.231 e. The van der Waals surface area contributed by atoms with Crippen molar-refractivity contribution >= 4 is 34.8 Å². The first kappa shape index (κ1) is 16.8. The third kappa shape index (κ3) is 3.36. The van der Waals surface area contributed by atoms with E-state index in [1.54, 1.807) is 6.21 Å². The van der Waals surface area contributed by atoms with Gasteiger partial charge in [0.05, 0.1) is 6.21 Å². The topological polar surface area (TPSA) is 42.9 Å². The molecule has 3 aromatic rings. The minimum atomic E-state index is -2.25. The molecule has 0 aliphatic carbocycles. The van der Waals surface area contributed by atoms with Crippen molar-refractivity contribution in [1.29, 1.82) is 0 Å². The second kappa shape index (κ2) is 7.32. The van der Waals surface area contributed by atoms with Gasteiger partial charge < -0.3 is 9.47 Å². The summed E-state index contributed by atoms with van der Waals surface area (Å²) < 4.78 is 10.7. The average molecular weight is 380 g/mol. The van der Waals surface area contributed by atoms with Crippen LogP contribution in [0.25, 0.3) is 0 Å². The van der Waals surface area contributed by atoms with E-state index in [0.29, 0.717) is 0 Å². The van der Waals surface area contributed by atoms with Crippen LogP contribution < -0.4 is 25.3 Å². The van der Waals surface area contributed by atoms with Crippen molar-refractivity contribution in [2.24, 2.45) is 5.10 Å². The summed E-state index contributed by atoms with van der Waals surface area (Å²) in [6.07, 6.45) is -0.489. The number of fused-ring (bicyclic) bond motifs is 1. The van der Waals surface area contributed by atoms with Gasteiger partial charge in [-0.3, -0.25) is 5.20 Å². The molecule has 0 saturated carbocycles. The van der Waals surface area contributed by atoms with Gasteiger partial charge in [-0.2, -0.15) is 5.10 Å². The van der Waals surface area contributed by atoms with Crippen LogP contribution >= 0.6 is 6.19 Å². The number of hydrazone groups is 1. The molecule has 6 heteroatoms. The molecular weight excluding hydrogens is 363 g/mol. The maximum absolute atomic E-state index is 6.07. The second-order valence-corrected chi connectivity index (χ2v) is 9.85. The van der Waals surface area contributed by atoms with Crippen LogP contribution in [0, 0.1) is 0 Å². The molecule has 26 heavy (non-hydrogen) atoms. The first-order chi connectivity index (χ1) is 12.8. The Balaban J connectivity index is 1.63. The zero-order chi connectivity index (χ0) is 17.8. The Hall–Kier alpha value is -2.62. The van der Waals surface area contributed by atoms with E-state index in [9.17, 15) is 0 Å². The van der Waals surface area contributed by atoms with Gasteiger partial charge >= 0.3 is 0 Å². The molecule has 1 N–H and O–H groups in total. The minimum Gasteiger partial charge on any atom is -0.454 e. The van der Waals surface area contributed by atoms with Gasteiger partial charge in [-0.05, 0) is 23.8 Å². The Kier molecular flexibility index (Phi) is 4.74. The van der Waals surface area contributed by atoms with Crippen LogP contribution in [0.15, 0.2) is 84.0 Å². The molecule has 0 radical (unpaired) electrons. The first-order valence-electron chi connectivity index (χ1n) is 8.17. The van der Waals surface area contributed by atoms with Crippen molar-refractivity contribution in [3.63, 3.8) is 0 Å². The molecule has 1 heterocycles. The maximum atomic E-state index is 6.07. The van der Waals surface area contributed by atoms with Crippen LogP contribution in [-0.2, 0) is 11.8 Å². The molecule has 0 atom stereocenters. The van der Waals surface area contributed by atoms with Gasteiger partial charge in [-0.1, -0.05) is 72.5 Å². The van der Waals surface area contributed by atoms with Crippen LogP contribution in [0.4, 0.5) is 0 Å². The molecule has 1 aliphatic rings. The van der Waals surface area contributed by atoms with Gasteiger partial charge in [0.2, 0.25) is 6.79 Å². The van der Waals surface area contributed by atoms with Crippen LogP contribution in [0.3, 0.4) is 0 Å². The lowest BCUT2D eigenvalue weighted by atomic mass is 10.2. The molecule has 0 spiro atoms. The minimum absolute atomic E-state index is 0.261. The zero-order valence-corrected chi connectivity index (χ0v) is 15.6. The summed E-state index contributed by atoms with van der Waals surface area (Å²) in [5.41, 5.74) is 0.921. The molecule has 130 valence electrons. The number of hydrogen-bond donors (Lipinski definition) is 1. The fraction of sp³-hybridized carbons (Fsp3) is 0.0500. The van der Waals surface area contributed by atoms with Crippen molar-refractivity contribution in [3.8, 4) is 11.5 Å². The van der Waals surface area contributed by atoms with Gasteiger partial charge in [0.25, 0.3) is 0 Å². The highest BCUT2D eigenvalue weighted by Gasteiger charge is 2.21. The third-order valence-corrected chi connectivity index (χ3v) is 8.01. The molecular formula is C20H17N2O2PS. The highest BCUT2D eigenvalue weighted by molar-refractivity contribution is 8.20. The molecule has 0 aromatic heterocycles. The van der Waals surface area contributed by atoms with Gasteiger partial charge in [0.1, 0.15) is 6.19 Å². The molecule has 0 saturated heterocycles. The number of nitrogens with zero attached hydrogens (tertiary/aromatic N) is 1. The molecule has 0 fully saturated rings. The molecule has 0 amide bonds. The predicted octanol–water partition coefficient (Wildman–Crippen LogP) is 3.38. The second-order valence-electron chi connectivity index (χ2n) is 5.75. The van der Waals surface area contributed by atoms with Crippen molar-refractivity contribution in [1.82, 2.24) is 5.20 Å². The number of hydrogen-bond acceptors (Lipinski definition) is 4. The molecule has 4 nitrogen and oxygen atoms in total. The van der Waals surface area contributed by atoms with E-state index in [0.717, 1.165) is 27.7 Å². The van der Waals surface area contributed by atoms with Crippen molar-refractivity contribution in [2.45, 2.75) is 0 Å². The van der Waals surface area contributed by atoms with E-state index in [-0.39, 0.29) is 6.79 Å². The van der Waals surface area contributed by atoms with Gasteiger partial charge in [0, 0.05) is 10.6 Å². The molecule has 1 aliphatic heterocycles. The summed E-state index contributed by atoms with van der Waals surface area (Å²) in [5.74, 6) is 1.49. The lowest BCUT2D eigenvalue weighted by Gasteiger charge is -2.22. The van der Waals surface area contributed by atoms with E-state index in [1.165, 1.54) is 0 Å². The Labute approximate surface area is 157 Å². The standard InChI is InChI=1S/C20H17N2O2PS/c26-25(17-7-3-1-4-8-17,18-9-5-2-6-10-18)22-21-14-16-11-12-19-20(13-16)24-15-23-19/h1-14H,15H2,(H,22,26). The Bertz CT molecular complexity index is 934. The number of nitrogens with one attached hydrogen (secondary N) is 1. The lowest BCUT2D eigenvalue weighted by molar-refractivity contribution is 0.174. The Morgan fingerprint density at radius 3 is 2.12 bits per heavy atom. The van der Waals surface area contributed by atoms with E-state index >= 15 is 0 Å². The molecule has 3 aromatic carbocycles. The highest BCUT2D eigenvalue weighted by atomic mass is 32.4. The molecule has 0 bridgehead atoms. The van der Waals surface area contributed by atoms with Gasteiger partial charge in [-0.25, -0.2) is 0 Å². The zero-order valence-electron chi connectivity index (χ0n) is 13.9. The monoisotopic (exact) mass is 380 g/mol. The Morgan fingerprint density at radius 2 is 1.46 bits per heavy atom. The normalized spacial score (nSPS) is 13.1. The fourth-order valence-electron chi connectivity index (χ4n) is 2.72. The lowest BCUT2D eigenvalue weighted by Crippen LogP contribution is -2.24. The van der Waals surface area contributed by atoms with E-state index < -0.39 is 6.19 Å². The summed E-state index contributed by atoms with van der Waals surface area (Å²) in [5, 5.41) is 9.88. The summed E-state index contributed by atoms with van der Waals surface area (Å²) >= 11 is 6.07. The highest BCUT2D eigenvalue weighted by Crippen LogP contribution is 2.39. The van der Waals surface area contributed by atoms with Crippen molar-refractivity contribution < 1.29 is 9.47 Å². The van der Waals surface area contributed by atoms with Crippen LogP contribution in [0.1, 0.15) is 5.56 Å². The number of rotatable bonds is 5. The van der Waals surface area contributed by atoms with Gasteiger partial charge in [-0.15, -0.1) is 0 Å². The molecule has 0 unspecified atom stereocenters. The van der Waals surface area contributed by atoms with Crippen LogP contribution in [0.5, 0.6) is 11.5 Å². The van der Waals surface area contributed by atoms with Crippen molar-refractivity contribution in [2.75, 3.05) is 6.79 Å². The van der Waals surface area contributed by atoms with E-state index in [4.69, 9.17) is 21.3 Å². The summed E-state index contributed by atoms with van der Waals surface area (Å²) in [6, 6.07) is 25.9.